The first-order chi connectivity index (χ1) is 8.38. The number of aryl methyl sites for hydroxylation is 1. The Morgan fingerprint density at radius 3 is 2.29 bits per heavy atom. The average Bonchev–Trinajstić information content (AvgIpc) is 2.40. The van der Waals surface area contributed by atoms with Crippen LogP contribution >= 0.6 is 11.8 Å². The SMILES string of the molecule is CCCc1ccc(SCc2ccncc2)cc1. The minimum atomic E-state index is 1.01. The van der Waals surface area contributed by atoms with Crippen molar-refractivity contribution in [2.45, 2.75) is 30.4 Å². The number of rotatable bonds is 5. The molecule has 1 nitrogen and oxygen atoms in total. The molecule has 0 spiro atoms. The number of benzene rings is 1. The summed E-state index contributed by atoms with van der Waals surface area (Å²) in [6.45, 7) is 2.21. The predicted octanol–water partition coefficient (Wildman–Crippen LogP) is 4.33. The fourth-order valence-electron chi connectivity index (χ4n) is 1.69. The molecule has 17 heavy (non-hydrogen) atoms. The summed E-state index contributed by atoms with van der Waals surface area (Å²) < 4.78 is 0. The lowest BCUT2D eigenvalue weighted by Crippen LogP contribution is -1.83. The van der Waals surface area contributed by atoms with Crippen LogP contribution in [-0.4, -0.2) is 4.98 Å². The van der Waals surface area contributed by atoms with Crippen LogP contribution < -0.4 is 0 Å². The Bertz CT molecular complexity index is 436. The van der Waals surface area contributed by atoms with Gasteiger partial charge in [-0.1, -0.05) is 25.5 Å². The molecule has 1 aromatic heterocycles. The van der Waals surface area contributed by atoms with Crippen molar-refractivity contribution < 1.29 is 0 Å². The van der Waals surface area contributed by atoms with E-state index in [9.17, 15) is 0 Å². The summed E-state index contributed by atoms with van der Waals surface area (Å²) in [7, 11) is 0. The van der Waals surface area contributed by atoms with Gasteiger partial charge in [-0.25, -0.2) is 0 Å². The van der Waals surface area contributed by atoms with Gasteiger partial charge in [0, 0.05) is 23.0 Å². The molecule has 2 rings (SSSR count). The highest BCUT2D eigenvalue weighted by molar-refractivity contribution is 7.98. The molecule has 1 heterocycles. The molecule has 0 unspecified atom stereocenters. The summed E-state index contributed by atoms with van der Waals surface area (Å²) in [6.07, 6.45) is 6.08. The number of aromatic nitrogens is 1. The summed E-state index contributed by atoms with van der Waals surface area (Å²) in [6, 6.07) is 13.0. The van der Waals surface area contributed by atoms with Crippen LogP contribution in [0.5, 0.6) is 0 Å². The molecule has 0 N–H and O–H groups in total. The quantitative estimate of drug-likeness (QED) is 0.725. The van der Waals surface area contributed by atoms with Crippen molar-refractivity contribution in [3.8, 4) is 0 Å². The molecule has 0 saturated heterocycles. The Labute approximate surface area is 107 Å². The van der Waals surface area contributed by atoms with Gasteiger partial charge in [0.05, 0.1) is 0 Å². The van der Waals surface area contributed by atoms with Crippen molar-refractivity contribution in [1.29, 1.82) is 0 Å². The Balaban J connectivity index is 1.91. The Morgan fingerprint density at radius 2 is 1.65 bits per heavy atom. The van der Waals surface area contributed by atoms with Gasteiger partial charge in [0.1, 0.15) is 0 Å². The predicted molar refractivity (Wildman–Crippen MR) is 74.2 cm³/mol. The van der Waals surface area contributed by atoms with E-state index in [0.29, 0.717) is 0 Å². The fourth-order valence-corrected chi connectivity index (χ4v) is 2.54. The van der Waals surface area contributed by atoms with Crippen molar-refractivity contribution in [3.05, 3.63) is 59.9 Å². The molecule has 0 atom stereocenters. The van der Waals surface area contributed by atoms with E-state index in [4.69, 9.17) is 0 Å². The molecule has 88 valence electrons. The van der Waals surface area contributed by atoms with Crippen molar-refractivity contribution in [3.63, 3.8) is 0 Å². The topological polar surface area (TPSA) is 12.9 Å². The van der Waals surface area contributed by atoms with Crippen LogP contribution in [0.4, 0.5) is 0 Å². The molecule has 0 bridgehead atoms. The normalized spacial score (nSPS) is 10.4. The van der Waals surface area contributed by atoms with E-state index in [2.05, 4.69) is 48.3 Å². The molecule has 0 saturated carbocycles. The number of nitrogens with zero attached hydrogens (tertiary/aromatic N) is 1. The molecule has 0 aliphatic carbocycles. The summed E-state index contributed by atoms with van der Waals surface area (Å²) in [5.41, 5.74) is 2.75. The van der Waals surface area contributed by atoms with Crippen molar-refractivity contribution in [2.75, 3.05) is 0 Å². The minimum absolute atomic E-state index is 1.01. The zero-order chi connectivity index (χ0) is 11.9. The van der Waals surface area contributed by atoms with Gasteiger partial charge >= 0.3 is 0 Å². The zero-order valence-electron chi connectivity index (χ0n) is 10.1. The molecule has 0 radical (unpaired) electrons. The Morgan fingerprint density at radius 1 is 0.941 bits per heavy atom. The number of hydrogen-bond acceptors (Lipinski definition) is 2. The van der Waals surface area contributed by atoms with Gasteiger partial charge < -0.3 is 0 Å². The maximum absolute atomic E-state index is 4.02. The van der Waals surface area contributed by atoms with Crippen LogP contribution in [0.1, 0.15) is 24.5 Å². The van der Waals surface area contributed by atoms with Gasteiger partial charge in [-0.15, -0.1) is 11.8 Å². The molecule has 2 aromatic rings. The summed E-state index contributed by atoms with van der Waals surface area (Å²) >= 11 is 1.87. The van der Waals surface area contributed by atoms with E-state index < -0.39 is 0 Å². The standard InChI is InChI=1S/C15H17NS/c1-2-3-13-4-6-15(7-5-13)17-12-14-8-10-16-11-9-14/h4-11H,2-3,12H2,1H3. The average molecular weight is 243 g/mol. The van der Waals surface area contributed by atoms with Crippen molar-refractivity contribution in [1.82, 2.24) is 4.98 Å². The summed E-state index contributed by atoms with van der Waals surface area (Å²) in [5.74, 6) is 1.01. The van der Waals surface area contributed by atoms with Gasteiger partial charge in [-0.05, 0) is 41.8 Å². The fraction of sp³-hybridized carbons (Fsp3) is 0.267. The largest absolute Gasteiger partial charge is 0.265 e. The summed E-state index contributed by atoms with van der Waals surface area (Å²) in [4.78, 5) is 5.36. The molecule has 0 fully saturated rings. The van der Waals surface area contributed by atoms with Crippen LogP contribution in [0.15, 0.2) is 53.7 Å². The second kappa shape index (κ2) is 6.45. The first-order valence-electron chi connectivity index (χ1n) is 5.99. The molecule has 0 aliphatic heterocycles. The van der Waals surface area contributed by atoms with E-state index >= 15 is 0 Å². The highest BCUT2D eigenvalue weighted by Crippen LogP contribution is 2.22. The van der Waals surface area contributed by atoms with Crippen LogP contribution in [-0.2, 0) is 12.2 Å². The molecular formula is C15H17NS. The first-order valence-corrected chi connectivity index (χ1v) is 6.97. The first kappa shape index (κ1) is 12.2. The van der Waals surface area contributed by atoms with E-state index in [0.717, 1.165) is 5.75 Å². The molecular weight excluding hydrogens is 226 g/mol. The Hall–Kier alpha value is -1.28. The lowest BCUT2D eigenvalue weighted by Gasteiger charge is -2.03. The zero-order valence-corrected chi connectivity index (χ0v) is 10.9. The lowest BCUT2D eigenvalue weighted by molar-refractivity contribution is 0.920. The monoisotopic (exact) mass is 243 g/mol. The maximum Gasteiger partial charge on any atom is 0.0270 e. The number of thioether (sulfide) groups is 1. The van der Waals surface area contributed by atoms with E-state index in [1.165, 1.54) is 28.9 Å². The number of pyridine rings is 1. The van der Waals surface area contributed by atoms with Crippen LogP contribution in [0.3, 0.4) is 0 Å². The molecule has 0 aliphatic rings. The molecule has 1 aromatic carbocycles. The summed E-state index contributed by atoms with van der Waals surface area (Å²) in [5, 5.41) is 0. The van der Waals surface area contributed by atoms with Crippen molar-refractivity contribution in [2.24, 2.45) is 0 Å². The van der Waals surface area contributed by atoms with Gasteiger partial charge in [0.2, 0.25) is 0 Å². The van der Waals surface area contributed by atoms with E-state index in [-0.39, 0.29) is 0 Å². The highest BCUT2D eigenvalue weighted by atomic mass is 32.2. The third kappa shape index (κ3) is 3.90. The number of hydrogen-bond donors (Lipinski definition) is 0. The lowest BCUT2D eigenvalue weighted by atomic mass is 10.1. The second-order valence-corrected chi connectivity index (χ2v) is 5.09. The maximum atomic E-state index is 4.02. The smallest absolute Gasteiger partial charge is 0.0270 e. The minimum Gasteiger partial charge on any atom is -0.265 e. The molecule has 2 heteroatoms. The van der Waals surface area contributed by atoms with Gasteiger partial charge in [-0.3, -0.25) is 4.98 Å². The van der Waals surface area contributed by atoms with Crippen molar-refractivity contribution >= 4 is 11.8 Å². The van der Waals surface area contributed by atoms with E-state index in [1.807, 2.05) is 24.2 Å². The van der Waals surface area contributed by atoms with Crippen LogP contribution in [0.2, 0.25) is 0 Å². The van der Waals surface area contributed by atoms with Crippen LogP contribution in [0.25, 0.3) is 0 Å². The van der Waals surface area contributed by atoms with Gasteiger partial charge in [0.15, 0.2) is 0 Å². The van der Waals surface area contributed by atoms with Gasteiger partial charge in [-0.2, -0.15) is 0 Å². The third-order valence-corrected chi connectivity index (χ3v) is 3.70. The van der Waals surface area contributed by atoms with E-state index in [1.54, 1.807) is 0 Å². The molecule has 0 amide bonds. The highest BCUT2D eigenvalue weighted by Gasteiger charge is 1.97. The van der Waals surface area contributed by atoms with Gasteiger partial charge in [0.25, 0.3) is 0 Å². The van der Waals surface area contributed by atoms with Crippen LogP contribution in [0, 0.1) is 0 Å². The second-order valence-electron chi connectivity index (χ2n) is 4.04. The third-order valence-electron chi connectivity index (χ3n) is 2.62. The Kier molecular flexibility index (Phi) is 4.63.